The summed E-state index contributed by atoms with van der Waals surface area (Å²) in [5.74, 6) is -3.75. The highest BCUT2D eigenvalue weighted by Gasteiger charge is 2.32. The van der Waals surface area contributed by atoms with Gasteiger partial charge in [-0.15, -0.1) is 18.3 Å². The molecule has 7 nitrogen and oxygen atoms in total. The van der Waals surface area contributed by atoms with Gasteiger partial charge in [0.15, 0.2) is 11.6 Å². The first-order valence-corrected chi connectivity index (χ1v) is 10.5. The van der Waals surface area contributed by atoms with Crippen molar-refractivity contribution < 1.29 is 31.9 Å². The normalized spacial score (nSPS) is 12.5. The molecule has 1 unspecified atom stereocenters. The van der Waals surface area contributed by atoms with E-state index >= 15 is 0 Å². The summed E-state index contributed by atoms with van der Waals surface area (Å²) in [6.45, 7) is 0. The molecule has 184 valence electrons. The number of benzene rings is 2. The van der Waals surface area contributed by atoms with Crippen LogP contribution in [-0.4, -0.2) is 51.9 Å². The van der Waals surface area contributed by atoms with Crippen LogP contribution in [0, 0.1) is 11.7 Å². The van der Waals surface area contributed by atoms with E-state index in [0.29, 0.717) is 5.69 Å². The van der Waals surface area contributed by atoms with Crippen LogP contribution < -0.4 is 4.74 Å². The van der Waals surface area contributed by atoms with E-state index in [1.165, 1.54) is 48.8 Å². The summed E-state index contributed by atoms with van der Waals surface area (Å²) in [6.07, 6.45) is -1.27. The molecule has 1 heterocycles. The molecule has 0 spiro atoms. The van der Waals surface area contributed by atoms with Gasteiger partial charge in [0, 0.05) is 30.9 Å². The summed E-state index contributed by atoms with van der Waals surface area (Å²) < 4.78 is 56.4. The van der Waals surface area contributed by atoms with Crippen LogP contribution in [0.25, 0.3) is 5.69 Å². The number of carbonyl (C=O) groups excluding carboxylic acids is 2. The number of ether oxygens (including phenoxy) is 1. The molecule has 0 saturated carbocycles. The smallest absolute Gasteiger partial charge is 0.406 e. The average molecular weight is 511 g/mol. The molecule has 35 heavy (non-hydrogen) atoms. The van der Waals surface area contributed by atoms with Crippen LogP contribution in [0.4, 0.5) is 17.6 Å². The van der Waals surface area contributed by atoms with E-state index in [1.54, 1.807) is 19.0 Å². The summed E-state index contributed by atoms with van der Waals surface area (Å²) in [5, 5.41) is 7.68. The Hall–Kier alpha value is -3.73. The minimum Gasteiger partial charge on any atom is -0.406 e. The van der Waals surface area contributed by atoms with Gasteiger partial charge in [-0.2, -0.15) is 0 Å². The Balaban J connectivity index is 1.88. The second kappa shape index (κ2) is 10.7. The number of Topliss-reactive ketones (excluding diaryl/α,β-unsaturated/α-hetero) is 1. The zero-order chi connectivity index (χ0) is 25.8. The summed E-state index contributed by atoms with van der Waals surface area (Å²) in [6, 6.07) is 8.74. The fraction of sp³-hybridized carbons (Fsp3) is 0.217. The van der Waals surface area contributed by atoms with Gasteiger partial charge in [-0.05, 0) is 48.9 Å². The molecule has 1 aromatic heterocycles. The Labute approximate surface area is 202 Å². The highest BCUT2D eigenvalue weighted by molar-refractivity contribution is 6.31. The first-order chi connectivity index (χ1) is 16.4. The van der Waals surface area contributed by atoms with Crippen LogP contribution in [0.1, 0.15) is 16.1 Å². The van der Waals surface area contributed by atoms with Crippen molar-refractivity contribution in [2.45, 2.75) is 12.8 Å². The molecule has 0 aliphatic carbocycles. The zero-order valence-corrected chi connectivity index (χ0v) is 19.2. The van der Waals surface area contributed by atoms with E-state index in [4.69, 9.17) is 11.6 Å². The number of alkyl halides is 3. The molecular weight excluding hydrogens is 492 g/mol. The molecule has 0 bridgehead atoms. The van der Waals surface area contributed by atoms with Crippen LogP contribution in [0.15, 0.2) is 60.9 Å². The van der Waals surface area contributed by atoms with Crippen molar-refractivity contribution in [3.05, 3.63) is 83.0 Å². The largest absolute Gasteiger partial charge is 0.573 e. The summed E-state index contributed by atoms with van der Waals surface area (Å²) >= 11 is 6.09. The van der Waals surface area contributed by atoms with Crippen LogP contribution in [0.2, 0.25) is 5.02 Å². The maximum Gasteiger partial charge on any atom is 0.573 e. The van der Waals surface area contributed by atoms with E-state index < -0.39 is 35.4 Å². The number of ketones is 2. The van der Waals surface area contributed by atoms with E-state index in [9.17, 15) is 27.2 Å². The van der Waals surface area contributed by atoms with Gasteiger partial charge in [0.05, 0.1) is 17.8 Å². The first-order valence-electron chi connectivity index (χ1n) is 10.1. The zero-order valence-electron chi connectivity index (χ0n) is 18.5. The van der Waals surface area contributed by atoms with E-state index in [1.807, 2.05) is 0 Å². The van der Waals surface area contributed by atoms with E-state index in [0.717, 1.165) is 16.8 Å². The minimum atomic E-state index is -4.84. The van der Waals surface area contributed by atoms with Crippen molar-refractivity contribution in [3.8, 4) is 11.4 Å². The molecule has 0 aliphatic heterocycles. The number of hydrogen-bond donors (Lipinski definition) is 0. The molecular formula is C23H19ClF4N4O3. The average Bonchev–Trinajstić information content (AvgIpc) is 3.27. The van der Waals surface area contributed by atoms with Gasteiger partial charge in [-0.3, -0.25) is 9.59 Å². The van der Waals surface area contributed by atoms with Gasteiger partial charge in [0.2, 0.25) is 0 Å². The molecule has 0 N–H and O–H groups in total. The predicted octanol–water partition coefficient (Wildman–Crippen LogP) is 4.64. The van der Waals surface area contributed by atoms with Gasteiger partial charge in [0.1, 0.15) is 17.3 Å². The third-order valence-electron chi connectivity index (χ3n) is 4.75. The van der Waals surface area contributed by atoms with Crippen molar-refractivity contribution in [2.24, 2.45) is 5.92 Å². The fourth-order valence-electron chi connectivity index (χ4n) is 3.07. The van der Waals surface area contributed by atoms with Crippen LogP contribution in [0.3, 0.4) is 0 Å². The molecule has 2 aromatic carbocycles. The molecule has 0 amide bonds. The third-order valence-corrected chi connectivity index (χ3v) is 5.10. The molecule has 0 saturated heterocycles. The van der Waals surface area contributed by atoms with Crippen molar-refractivity contribution in [1.29, 1.82) is 0 Å². The minimum absolute atomic E-state index is 0.00626. The standard InChI is InChI=1S/C23H19ClF4N4O3/c1-31(2)11-10-21(33)17(12-16-18(24)4-3-5-19(16)25)22(34)20-13-32(30-29-20)14-6-8-15(9-7-14)35-23(26,27)28/h3-11,13,17H,12H2,1-2H3/b11-10+. The highest BCUT2D eigenvalue weighted by atomic mass is 35.5. The Kier molecular flexibility index (Phi) is 7.90. The third kappa shape index (κ3) is 6.89. The van der Waals surface area contributed by atoms with Gasteiger partial charge < -0.3 is 9.64 Å². The van der Waals surface area contributed by atoms with Gasteiger partial charge in [-0.25, -0.2) is 9.07 Å². The molecule has 3 rings (SSSR count). The topological polar surface area (TPSA) is 77.3 Å². The SMILES string of the molecule is CN(C)/C=C/C(=O)C(Cc1c(F)cccc1Cl)C(=O)c1cn(-c2ccc(OC(F)(F)F)cc2)nn1. The van der Waals surface area contributed by atoms with Crippen LogP contribution in [0.5, 0.6) is 5.75 Å². The lowest BCUT2D eigenvalue weighted by molar-refractivity contribution is -0.274. The van der Waals surface area contributed by atoms with Crippen molar-refractivity contribution >= 4 is 23.2 Å². The van der Waals surface area contributed by atoms with Crippen molar-refractivity contribution in [2.75, 3.05) is 14.1 Å². The number of hydrogen-bond acceptors (Lipinski definition) is 6. The number of carbonyl (C=O) groups is 2. The van der Waals surface area contributed by atoms with Crippen LogP contribution in [-0.2, 0) is 11.2 Å². The molecule has 0 aliphatic rings. The summed E-state index contributed by atoms with van der Waals surface area (Å²) in [7, 11) is 3.37. The lowest BCUT2D eigenvalue weighted by Crippen LogP contribution is -2.26. The quantitative estimate of drug-likeness (QED) is 0.181. The number of aromatic nitrogens is 3. The van der Waals surface area contributed by atoms with Gasteiger partial charge in [0.25, 0.3) is 0 Å². The molecule has 3 aromatic rings. The first kappa shape index (κ1) is 25.9. The van der Waals surface area contributed by atoms with Gasteiger partial charge in [-0.1, -0.05) is 22.9 Å². The molecule has 1 atom stereocenters. The van der Waals surface area contributed by atoms with E-state index in [2.05, 4.69) is 15.0 Å². The second-order valence-corrected chi connectivity index (χ2v) is 8.00. The molecule has 0 radical (unpaired) electrons. The van der Waals surface area contributed by atoms with Crippen molar-refractivity contribution in [3.63, 3.8) is 0 Å². The molecule has 12 heteroatoms. The highest BCUT2D eigenvalue weighted by Crippen LogP contribution is 2.26. The van der Waals surface area contributed by atoms with E-state index in [-0.39, 0.29) is 22.7 Å². The van der Waals surface area contributed by atoms with Crippen molar-refractivity contribution in [1.82, 2.24) is 19.9 Å². The Morgan fingerprint density at radius 3 is 2.46 bits per heavy atom. The maximum atomic E-state index is 14.4. The number of rotatable bonds is 9. The fourth-order valence-corrected chi connectivity index (χ4v) is 3.31. The predicted molar refractivity (Wildman–Crippen MR) is 119 cm³/mol. The maximum absolute atomic E-state index is 14.4. The lowest BCUT2D eigenvalue weighted by atomic mass is 9.89. The Morgan fingerprint density at radius 1 is 1.17 bits per heavy atom. The Bertz CT molecular complexity index is 1220. The number of allylic oxidation sites excluding steroid dienone is 1. The number of halogens is 5. The number of nitrogens with zero attached hydrogens (tertiary/aromatic N) is 4. The Morgan fingerprint density at radius 2 is 1.86 bits per heavy atom. The summed E-state index contributed by atoms with van der Waals surface area (Å²) in [5.41, 5.74) is 0.107. The van der Waals surface area contributed by atoms with Gasteiger partial charge >= 0.3 is 6.36 Å². The lowest BCUT2D eigenvalue weighted by Gasteiger charge is -2.14. The monoisotopic (exact) mass is 510 g/mol. The second-order valence-electron chi connectivity index (χ2n) is 7.59. The molecule has 0 fully saturated rings. The van der Waals surface area contributed by atoms with Crippen LogP contribution >= 0.6 is 11.6 Å². The summed E-state index contributed by atoms with van der Waals surface area (Å²) in [4.78, 5) is 27.7.